The van der Waals surface area contributed by atoms with E-state index < -0.39 is 10.0 Å². The summed E-state index contributed by atoms with van der Waals surface area (Å²) in [5.41, 5.74) is 2.64. The summed E-state index contributed by atoms with van der Waals surface area (Å²) in [5, 5.41) is 2.87. The van der Waals surface area contributed by atoms with Crippen molar-refractivity contribution in [1.82, 2.24) is 4.98 Å². The van der Waals surface area contributed by atoms with Crippen LogP contribution in [-0.4, -0.2) is 19.3 Å². The van der Waals surface area contributed by atoms with Gasteiger partial charge in [-0.1, -0.05) is 66.7 Å². The lowest BCUT2D eigenvalue weighted by molar-refractivity contribution is -0.116. The summed E-state index contributed by atoms with van der Waals surface area (Å²) in [6.07, 6.45) is 1.77. The first-order valence-electron chi connectivity index (χ1n) is 10.4. The lowest BCUT2D eigenvalue weighted by Gasteiger charge is -2.18. The molecule has 2 N–H and O–H groups in total. The van der Waals surface area contributed by atoms with Crippen molar-refractivity contribution in [3.05, 3.63) is 120 Å². The quantitative estimate of drug-likeness (QED) is 0.388. The van der Waals surface area contributed by atoms with Gasteiger partial charge in [-0.25, -0.2) is 13.4 Å². The van der Waals surface area contributed by atoms with Crippen LogP contribution in [0.1, 0.15) is 23.5 Å². The smallest absolute Gasteiger partial charge is 0.263 e. The molecule has 0 fully saturated rings. The number of pyridine rings is 1. The molecular formula is C26H23N3O3S. The normalized spacial score (nSPS) is 11.2. The molecule has 0 unspecified atom stereocenters. The van der Waals surface area contributed by atoms with Crippen LogP contribution in [0.5, 0.6) is 0 Å². The second-order valence-corrected chi connectivity index (χ2v) is 9.15. The lowest BCUT2D eigenvalue weighted by Crippen LogP contribution is -2.17. The van der Waals surface area contributed by atoms with E-state index in [2.05, 4.69) is 15.0 Å². The van der Waals surface area contributed by atoms with Crippen LogP contribution in [0, 0.1) is 0 Å². The molecule has 166 valence electrons. The number of amides is 1. The molecule has 0 radical (unpaired) electrons. The van der Waals surface area contributed by atoms with Gasteiger partial charge in [-0.15, -0.1) is 0 Å². The van der Waals surface area contributed by atoms with Gasteiger partial charge in [-0.05, 0) is 47.5 Å². The summed E-state index contributed by atoms with van der Waals surface area (Å²) >= 11 is 0. The Hall–Kier alpha value is -3.97. The molecule has 0 spiro atoms. The van der Waals surface area contributed by atoms with E-state index in [0.29, 0.717) is 5.69 Å². The lowest BCUT2D eigenvalue weighted by atomic mass is 9.88. The summed E-state index contributed by atoms with van der Waals surface area (Å²) < 4.78 is 27.5. The molecular weight excluding hydrogens is 434 g/mol. The molecule has 1 aromatic heterocycles. The fourth-order valence-corrected chi connectivity index (χ4v) is 4.54. The van der Waals surface area contributed by atoms with E-state index in [0.717, 1.165) is 11.1 Å². The van der Waals surface area contributed by atoms with E-state index in [-0.39, 0.29) is 29.0 Å². The maximum atomic E-state index is 12.8. The second kappa shape index (κ2) is 10.1. The Balaban J connectivity index is 1.45. The zero-order valence-electron chi connectivity index (χ0n) is 17.8. The summed E-state index contributed by atoms with van der Waals surface area (Å²) in [5.74, 6) is -0.00714. The Morgan fingerprint density at radius 3 is 1.88 bits per heavy atom. The van der Waals surface area contributed by atoms with Gasteiger partial charge in [0, 0.05) is 24.2 Å². The molecule has 0 aliphatic rings. The number of nitrogens with zero attached hydrogens (tertiary/aromatic N) is 1. The van der Waals surface area contributed by atoms with Crippen LogP contribution in [0.3, 0.4) is 0 Å². The first-order chi connectivity index (χ1) is 16.0. The third-order valence-corrected chi connectivity index (χ3v) is 6.52. The van der Waals surface area contributed by atoms with Crippen molar-refractivity contribution < 1.29 is 13.2 Å². The summed E-state index contributed by atoms with van der Waals surface area (Å²) in [6.45, 7) is 0. The number of benzene rings is 3. The van der Waals surface area contributed by atoms with Gasteiger partial charge in [0.1, 0.15) is 5.82 Å². The van der Waals surface area contributed by atoms with Crippen molar-refractivity contribution in [2.24, 2.45) is 0 Å². The molecule has 33 heavy (non-hydrogen) atoms. The molecule has 3 aromatic carbocycles. The Morgan fingerprint density at radius 2 is 1.33 bits per heavy atom. The van der Waals surface area contributed by atoms with Crippen LogP contribution in [-0.2, 0) is 14.8 Å². The Bertz CT molecular complexity index is 1260. The standard InChI is InChI=1S/C26H23N3O3S/c30-26(19-24(20-9-3-1-4-10-20)21-11-5-2-6-12-21)28-22-14-16-23(17-15-22)33(31,32)29-25-13-7-8-18-27-25/h1-18,24H,19H2,(H,27,29)(H,28,30). The average Bonchev–Trinajstić information content (AvgIpc) is 2.84. The fraction of sp³-hybridized carbons (Fsp3) is 0.0769. The third kappa shape index (κ3) is 5.84. The Labute approximate surface area is 193 Å². The fourth-order valence-electron chi connectivity index (χ4n) is 3.53. The maximum Gasteiger partial charge on any atom is 0.263 e. The maximum absolute atomic E-state index is 12.8. The Kier molecular flexibility index (Phi) is 6.80. The molecule has 0 saturated heterocycles. The highest BCUT2D eigenvalue weighted by atomic mass is 32.2. The Morgan fingerprint density at radius 1 is 0.758 bits per heavy atom. The predicted molar refractivity (Wildman–Crippen MR) is 129 cm³/mol. The van der Waals surface area contributed by atoms with E-state index in [1.54, 1.807) is 30.3 Å². The minimum absolute atomic E-state index is 0.0811. The van der Waals surface area contributed by atoms with Gasteiger partial charge in [0.2, 0.25) is 5.91 Å². The number of hydrogen-bond acceptors (Lipinski definition) is 4. The van der Waals surface area contributed by atoms with Crippen LogP contribution in [0.25, 0.3) is 0 Å². The number of hydrogen-bond donors (Lipinski definition) is 2. The van der Waals surface area contributed by atoms with Crippen LogP contribution in [0.4, 0.5) is 11.5 Å². The van der Waals surface area contributed by atoms with Gasteiger partial charge in [0.15, 0.2) is 0 Å². The number of nitrogens with one attached hydrogen (secondary N) is 2. The largest absolute Gasteiger partial charge is 0.326 e. The molecule has 4 aromatic rings. The molecule has 0 bridgehead atoms. The van der Waals surface area contributed by atoms with Gasteiger partial charge in [-0.3, -0.25) is 9.52 Å². The molecule has 0 atom stereocenters. The van der Waals surface area contributed by atoms with Gasteiger partial charge in [-0.2, -0.15) is 0 Å². The van der Waals surface area contributed by atoms with Crippen LogP contribution in [0.2, 0.25) is 0 Å². The van der Waals surface area contributed by atoms with Crippen molar-refractivity contribution in [2.75, 3.05) is 10.0 Å². The van der Waals surface area contributed by atoms with Crippen molar-refractivity contribution in [3.8, 4) is 0 Å². The number of anilines is 2. The molecule has 7 heteroatoms. The third-order valence-electron chi connectivity index (χ3n) is 5.15. The minimum Gasteiger partial charge on any atom is -0.326 e. The summed E-state index contributed by atoms with van der Waals surface area (Å²) in [4.78, 5) is 16.9. The van der Waals surface area contributed by atoms with Crippen LogP contribution < -0.4 is 10.0 Å². The number of rotatable bonds is 8. The van der Waals surface area contributed by atoms with Crippen molar-refractivity contribution in [2.45, 2.75) is 17.2 Å². The van der Waals surface area contributed by atoms with Crippen LogP contribution >= 0.6 is 0 Å². The number of carbonyl (C=O) groups is 1. The van der Waals surface area contributed by atoms with Crippen LogP contribution in [0.15, 0.2) is 114 Å². The van der Waals surface area contributed by atoms with E-state index >= 15 is 0 Å². The van der Waals surface area contributed by atoms with E-state index in [1.807, 2.05) is 60.7 Å². The van der Waals surface area contributed by atoms with Gasteiger partial charge >= 0.3 is 0 Å². The molecule has 1 amide bonds. The van der Waals surface area contributed by atoms with Crippen molar-refractivity contribution in [3.63, 3.8) is 0 Å². The highest BCUT2D eigenvalue weighted by Gasteiger charge is 2.19. The van der Waals surface area contributed by atoms with E-state index in [1.165, 1.54) is 18.3 Å². The number of aromatic nitrogens is 1. The monoisotopic (exact) mass is 457 g/mol. The van der Waals surface area contributed by atoms with E-state index in [9.17, 15) is 13.2 Å². The van der Waals surface area contributed by atoms with Gasteiger partial charge < -0.3 is 5.32 Å². The van der Waals surface area contributed by atoms with Gasteiger partial charge in [0.05, 0.1) is 4.90 Å². The molecule has 6 nitrogen and oxygen atoms in total. The molecule has 4 rings (SSSR count). The van der Waals surface area contributed by atoms with Crippen molar-refractivity contribution >= 4 is 27.4 Å². The SMILES string of the molecule is O=C(CC(c1ccccc1)c1ccccc1)Nc1ccc(S(=O)(=O)Nc2ccccn2)cc1. The highest BCUT2D eigenvalue weighted by Crippen LogP contribution is 2.28. The number of sulfonamides is 1. The van der Waals surface area contributed by atoms with E-state index in [4.69, 9.17) is 0 Å². The predicted octanol–water partition coefficient (Wildman–Crippen LogP) is 5.04. The summed E-state index contributed by atoms with van der Waals surface area (Å²) in [6, 6.07) is 30.8. The molecule has 0 aliphatic heterocycles. The van der Waals surface area contributed by atoms with Gasteiger partial charge in [0.25, 0.3) is 10.0 Å². The number of carbonyl (C=O) groups excluding carboxylic acids is 1. The first-order valence-corrected chi connectivity index (χ1v) is 11.9. The zero-order chi connectivity index (χ0) is 23.1. The zero-order valence-corrected chi connectivity index (χ0v) is 18.6. The topological polar surface area (TPSA) is 88.2 Å². The molecule has 0 aliphatic carbocycles. The average molecular weight is 458 g/mol. The summed E-state index contributed by atoms with van der Waals surface area (Å²) in [7, 11) is -3.77. The second-order valence-electron chi connectivity index (χ2n) is 7.47. The molecule has 0 saturated carbocycles. The molecule has 1 heterocycles. The van der Waals surface area contributed by atoms with Crippen molar-refractivity contribution in [1.29, 1.82) is 0 Å². The first kappa shape index (κ1) is 22.2. The minimum atomic E-state index is -3.77. The highest BCUT2D eigenvalue weighted by molar-refractivity contribution is 7.92.